The Labute approximate surface area is 197 Å². The van der Waals surface area contributed by atoms with E-state index in [0.29, 0.717) is 16.7 Å². The van der Waals surface area contributed by atoms with Crippen molar-refractivity contribution >= 4 is 22.6 Å². The fourth-order valence-corrected chi connectivity index (χ4v) is 3.60. The molecule has 11 heteroatoms. The smallest absolute Gasteiger partial charge is 0.383 e. The molecule has 0 spiro atoms. The number of benzene rings is 1. The quantitative estimate of drug-likeness (QED) is 0.406. The average Bonchev–Trinajstić information content (AvgIpc) is 2.82. The Balaban J connectivity index is 1.73. The molecule has 180 valence electrons. The number of nitrogens with two attached hydrogens (primary N) is 1. The third-order valence-corrected chi connectivity index (χ3v) is 5.54. The molecule has 1 aromatic carbocycles. The minimum absolute atomic E-state index is 0.00629. The molecule has 0 bridgehead atoms. The van der Waals surface area contributed by atoms with Crippen LogP contribution in [0, 0.1) is 12.7 Å². The molecule has 1 amide bonds. The molecule has 0 fully saturated rings. The zero-order valence-corrected chi connectivity index (χ0v) is 18.7. The van der Waals surface area contributed by atoms with Crippen LogP contribution in [0.2, 0.25) is 0 Å². The van der Waals surface area contributed by atoms with Gasteiger partial charge in [-0.3, -0.25) is 9.78 Å². The molecule has 35 heavy (non-hydrogen) atoms. The molecule has 0 saturated carbocycles. The van der Waals surface area contributed by atoms with Crippen molar-refractivity contribution in [1.29, 1.82) is 0 Å². The maximum atomic E-state index is 14.5. The highest BCUT2D eigenvalue weighted by Crippen LogP contribution is 2.29. The highest BCUT2D eigenvalue weighted by molar-refractivity contribution is 5.98. The van der Waals surface area contributed by atoms with Gasteiger partial charge < -0.3 is 10.6 Å². The van der Waals surface area contributed by atoms with Gasteiger partial charge in [0.15, 0.2) is 5.69 Å². The number of halogens is 4. The van der Waals surface area contributed by atoms with Crippen molar-refractivity contribution < 1.29 is 22.4 Å². The number of carbonyl (C=O) groups is 1. The van der Waals surface area contributed by atoms with Crippen LogP contribution >= 0.6 is 0 Å². The molecule has 0 radical (unpaired) electrons. The van der Waals surface area contributed by atoms with E-state index in [1.54, 1.807) is 38.1 Å². The second-order valence-electron chi connectivity index (χ2n) is 7.99. The maximum Gasteiger partial charge on any atom is 0.435 e. The highest BCUT2D eigenvalue weighted by Gasteiger charge is 2.33. The second-order valence-corrected chi connectivity index (χ2v) is 7.99. The van der Waals surface area contributed by atoms with Gasteiger partial charge in [-0.1, -0.05) is 0 Å². The zero-order valence-electron chi connectivity index (χ0n) is 18.7. The predicted molar refractivity (Wildman–Crippen MR) is 120 cm³/mol. The van der Waals surface area contributed by atoms with E-state index in [1.807, 2.05) is 0 Å². The van der Waals surface area contributed by atoms with Gasteiger partial charge in [0.05, 0.1) is 29.5 Å². The average molecular weight is 484 g/mol. The first kappa shape index (κ1) is 24.0. The van der Waals surface area contributed by atoms with E-state index in [9.17, 15) is 22.4 Å². The molecular formula is C24H20F4N6O. The van der Waals surface area contributed by atoms with Gasteiger partial charge in [0.2, 0.25) is 0 Å². The number of nitrogen functional groups attached to an aromatic ring is 1. The van der Waals surface area contributed by atoms with E-state index in [2.05, 4.69) is 20.2 Å². The van der Waals surface area contributed by atoms with Crippen molar-refractivity contribution in [2.24, 2.45) is 0 Å². The molecule has 0 aliphatic heterocycles. The van der Waals surface area contributed by atoms with Gasteiger partial charge in [-0.15, -0.1) is 5.10 Å². The Hall–Kier alpha value is -4.15. The lowest BCUT2D eigenvalue weighted by Gasteiger charge is -2.29. The SMILES string of the molecule is Cc1cc2cc(C(=O)N(Cc3ccc(C(F)(F)F)nn3)[C@H](C)c3ncccc3F)ccc2nc1N. The van der Waals surface area contributed by atoms with Crippen molar-refractivity contribution in [2.45, 2.75) is 32.6 Å². The number of amides is 1. The zero-order chi connectivity index (χ0) is 25.3. The summed E-state index contributed by atoms with van der Waals surface area (Å²) in [5.41, 5.74) is 6.41. The first-order valence-electron chi connectivity index (χ1n) is 10.5. The lowest BCUT2D eigenvalue weighted by molar-refractivity contribution is -0.141. The predicted octanol–water partition coefficient (Wildman–Crippen LogP) is 4.87. The van der Waals surface area contributed by atoms with Crippen molar-refractivity contribution in [3.63, 3.8) is 0 Å². The summed E-state index contributed by atoms with van der Waals surface area (Å²) in [5, 5.41) is 7.52. The molecule has 0 aliphatic carbocycles. The van der Waals surface area contributed by atoms with Gasteiger partial charge in [0.1, 0.15) is 11.6 Å². The first-order chi connectivity index (χ1) is 16.5. The van der Waals surface area contributed by atoms with E-state index in [-0.39, 0.29) is 23.5 Å². The number of rotatable bonds is 5. The molecule has 0 aliphatic rings. The van der Waals surface area contributed by atoms with Gasteiger partial charge >= 0.3 is 6.18 Å². The largest absolute Gasteiger partial charge is 0.435 e. The molecule has 3 aromatic heterocycles. The molecule has 2 N–H and O–H groups in total. The minimum Gasteiger partial charge on any atom is -0.383 e. The molecule has 0 saturated heterocycles. The van der Waals surface area contributed by atoms with E-state index >= 15 is 0 Å². The Morgan fingerprint density at radius 1 is 1.11 bits per heavy atom. The van der Waals surface area contributed by atoms with Crippen LogP contribution in [0.3, 0.4) is 0 Å². The Morgan fingerprint density at radius 3 is 2.54 bits per heavy atom. The van der Waals surface area contributed by atoms with E-state index < -0.39 is 29.6 Å². The fraction of sp³-hybridized carbons (Fsp3) is 0.208. The van der Waals surface area contributed by atoms with Gasteiger partial charge in [-0.25, -0.2) is 9.37 Å². The molecular weight excluding hydrogens is 464 g/mol. The Morgan fingerprint density at radius 2 is 1.89 bits per heavy atom. The highest BCUT2D eigenvalue weighted by atomic mass is 19.4. The number of carbonyl (C=O) groups excluding carboxylic acids is 1. The second kappa shape index (κ2) is 9.24. The van der Waals surface area contributed by atoms with E-state index in [0.717, 1.165) is 17.7 Å². The van der Waals surface area contributed by atoms with Crippen molar-refractivity contribution in [3.05, 3.63) is 88.8 Å². The number of alkyl halides is 3. The molecule has 3 heterocycles. The van der Waals surface area contributed by atoms with Crippen LogP contribution in [0.5, 0.6) is 0 Å². The van der Waals surface area contributed by atoms with Gasteiger partial charge in [-0.2, -0.15) is 18.3 Å². The van der Waals surface area contributed by atoms with Crippen molar-refractivity contribution in [3.8, 4) is 0 Å². The summed E-state index contributed by atoms with van der Waals surface area (Å²) in [6, 6.07) is 10.3. The Kier molecular flexibility index (Phi) is 6.33. The molecule has 4 rings (SSSR count). The lowest BCUT2D eigenvalue weighted by Crippen LogP contribution is -2.34. The summed E-state index contributed by atoms with van der Waals surface area (Å²) in [6.07, 6.45) is -3.25. The number of hydrogen-bond donors (Lipinski definition) is 1. The van der Waals surface area contributed by atoms with Crippen LogP contribution in [-0.4, -0.2) is 31.0 Å². The van der Waals surface area contributed by atoms with Crippen LogP contribution in [0.1, 0.15) is 46.0 Å². The van der Waals surface area contributed by atoms with E-state index in [4.69, 9.17) is 5.73 Å². The summed E-state index contributed by atoms with van der Waals surface area (Å²) in [5.74, 6) is -0.746. The fourth-order valence-electron chi connectivity index (χ4n) is 3.60. The topological polar surface area (TPSA) is 97.9 Å². The van der Waals surface area contributed by atoms with Crippen LogP contribution in [0.4, 0.5) is 23.4 Å². The number of fused-ring (bicyclic) bond motifs is 1. The van der Waals surface area contributed by atoms with Gasteiger partial charge in [-0.05, 0) is 67.9 Å². The summed E-state index contributed by atoms with van der Waals surface area (Å²) in [6.45, 7) is 3.14. The molecule has 1 atom stereocenters. The maximum absolute atomic E-state index is 14.5. The van der Waals surface area contributed by atoms with Crippen molar-refractivity contribution in [1.82, 2.24) is 25.1 Å². The summed E-state index contributed by atoms with van der Waals surface area (Å²) < 4.78 is 53.1. The number of hydrogen-bond acceptors (Lipinski definition) is 6. The molecule has 4 aromatic rings. The minimum atomic E-state index is -4.65. The van der Waals surface area contributed by atoms with Crippen LogP contribution in [0.25, 0.3) is 10.9 Å². The first-order valence-corrected chi connectivity index (χ1v) is 10.5. The molecule has 7 nitrogen and oxygen atoms in total. The van der Waals surface area contributed by atoms with Crippen LogP contribution < -0.4 is 5.73 Å². The summed E-state index contributed by atoms with van der Waals surface area (Å²) in [7, 11) is 0. The lowest BCUT2D eigenvalue weighted by atomic mass is 10.1. The normalized spacial score (nSPS) is 12.5. The number of aryl methyl sites for hydroxylation is 1. The van der Waals surface area contributed by atoms with E-state index in [1.165, 1.54) is 23.2 Å². The number of aromatic nitrogens is 4. The van der Waals surface area contributed by atoms with Gasteiger partial charge in [0, 0.05) is 17.1 Å². The van der Waals surface area contributed by atoms with Crippen molar-refractivity contribution in [2.75, 3.05) is 5.73 Å². The van der Waals surface area contributed by atoms with Crippen LogP contribution in [0.15, 0.2) is 54.7 Å². The standard InChI is InChI=1S/C24H20F4N6O/c1-13-10-16-11-15(5-7-19(16)31-22(13)29)23(35)34(14(2)21-18(25)4-3-9-30-21)12-17-6-8-20(33-32-17)24(26,27)28/h3-11,14H,12H2,1-2H3,(H2,29,31)/t14-/m1/s1. The third-order valence-electron chi connectivity index (χ3n) is 5.54. The molecule has 0 unspecified atom stereocenters. The number of pyridine rings is 2. The van der Waals surface area contributed by atoms with Gasteiger partial charge in [0.25, 0.3) is 5.91 Å². The third kappa shape index (κ3) is 5.03. The number of anilines is 1. The Bertz CT molecular complexity index is 1390. The number of nitrogens with zero attached hydrogens (tertiary/aromatic N) is 5. The summed E-state index contributed by atoms with van der Waals surface area (Å²) >= 11 is 0. The summed E-state index contributed by atoms with van der Waals surface area (Å²) in [4.78, 5) is 23.2. The van der Waals surface area contributed by atoms with Crippen LogP contribution in [-0.2, 0) is 12.7 Å². The monoisotopic (exact) mass is 484 g/mol.